The van der Waals surface area contributed by atoms with Crippen LogP contribution in [-0.4, -0.2) is 71.8 Å². The Kier molecular flexibility index (Phi) is 7.64. The SMILES string of the molecule is C=CCCOC(=O)[C@@H]1[C@H]2C(=O)N(CCCO)C(C(=O)N(CC=C)c3ccccc3Cl)C23CC[C@H]1O3. The van der Waals surface area contributed by atoms with Gasteiger partial charge in [0.15, 0.2) is 0 Å². The van der Waals surface area contributed by atoms with Crippen LogP contribution in [0.25, 0.3) is 0 Å². The summed E-state index contributed by atoms with van der Waals surface area (Å²) in [6.07, 6.45) is 4.59. The van der Waals surface area contributed by atoms with E-state index in [1.54, 1.807) is 36.4 Å². The van der Waals surface area contributed by atoms with Gasteiger partial charge in [0.25, 0.3) is 5.91 Å². The summed E-state index contributed by atoms with van der Waals surface area (Å²) < 4.78 is 11.8. The first-order valence-electron chi connectivity index (χ1n) is 11.9. The predicted octanol–water partition coefficient (Wildman–Crippen LogP) is 2.74. The van der Waals surface area contributed by atoms with Gasteiger partial charge >= 0.3 is 5.97 Å². The van der Waals surface area contributed by atoms with Crippen LogP contribution in [0, 0.1) is 11.8 Å². The number of amides is 2. The van der Waals surface area contributed by atoms with E-state index < -0.39 is 35.6 Å². The van der Waals surface area contributed by atoms with Crippen LogP contribution in [-0.2, 0) is 23.9 Å². The number of ether oxygens (including phenoxy) is 2. The number of rotatable bonds is 11. The Morgan fingerprint density at radius 2 is 2.09 bits per heavy atom. The lowest BCUT2D eigenvalue weighted by atomic mass is 9.70. The molecule has 0 aromatic heterocycles. The highest BCUT2D eigenvalue weighted by atomic mass is 35.5. The fraction of sp³-hybridized carbons (Fsp3) is 0.500. The summed E-state index contributed by atoms with van der Waals surface area (Å²) in [5, 5.41) is 9.85. The standard InChI is InChI=1S/C26H31ClN2O6/c1-3-5-16-34-25(33)20-19-11-12-26(35-19)21(20)23(31)29(14-8-15-30)22(26)24(32)28(13-4-2)18-10-7-6-9-17(18)27/h3-4,6-7,9-10,19-22,30H,1-2,5,8,11-16H2/t19-,20+,21+,22?,26?/m1/s1. The molecule has 0 radical (unpaired) electrons. The molecule has 5 atom stereocenters. The number of aliphatic hydroxyl groups excluding tert-OH is 1. The Hall–Kier alpha value is -2.68. The Labute approximate surface area is 210 Å². The summed E-state index contributed by atoms with van der Waals surface area (Å²) in [7, 11) is 0. The van der Waals surface area contributed by atoms with E-state index in [0.29, 0.717) is 36.4 Å². The molecular weight excluding hydrogens is 472 g/mol. The largest absolute Gasteiger partial charge is 0.465 e. The maximum Gasteiger partial charge on any atom is 0.312 e. The van der Waals surface area contributed by atoms with Crippen molar-refractivity contribution in [2.75, 3.05) is 31.2 Å². The molecule has 188 valence electrons. The average molecular weight is 503 g/mol. The Bertz CT molecular complexity index is 1020. The van der Waals surface area contributed by atoms with Crippen molar-refractivity contribution < 1.29 is 29.0 Å². The van der Waals surface area contributed by atoms with Crippen molar-refractivity contribution >= 4 is 35.1 Å². The zero-order valence-corrected chi connectivity index (χ0v) is 20.4. The Morgan fingerprint density at radius 1 is 1.31 bits per heavy atom. The Balaban J connectivity index is 1.72. The van der Waals surface area contributed by atoms with Crippen molar-refractivity contribution in [3.05, 3.63) is 54.6 Å². The first-order valence-corrected chi connectivity index (χ1v) is 12.3. The number of carbonyl (C=O) groups is 3. The molecule has 1 N–H and O–H groups in total. The molecule has 3 aliphatic rings. The van der Waals surface area contributed by atoms with Crippen LogP contribution in [0.5, 0.6) is 0 Å². The van der Waals surface area contributed by atoms with Crippen LogP contribution in [0.1, 0.15) is 25.7 Å². The van der Waals surface area contributed by atoms with E-state index >= 15 is 0 Å². The second kappa shape index (κ2) is 10.5. The van der Waals surface area contributed by atoms with Crippen molar-refractivity contribution in [3.63, 3.8) is 0 Å². The number of likely N-dealkylation sites (tertiary alicyclic amines) is 1. The van der Waals surface area contributed by atoms with Gasteiger partial charge in [0.05, 0.1) is 35.3 Å². The van der Waals surface area contributed by atoms with Gasteiger partial charge in [0.1, 0.15) is 11.6 Å². The predicted molar refractivity (Wildman–Crippen MR) is 131 cm³/mol. The van der Waals surface area contributed by atoms with Crippen molar-refractivity contribution in [1.29, 1.82) is 0 Å². The first kappa shape index (κ1) is 25.4. The van der Waals surface area contributed by atoms with Gasteiger partial charge in [0, 0.05) is 19.7 Å². The molecule has 0 aliphatic carbocycles. The van der Waals surface area contributed by atoms with E-state index in [1.807, 2.05) is 0 Å². The van der Waals surface area contributed by atoms with Gasteiger partial charge in [-0.3, -0.25) is 14.4 Å². The summed E-state index contributed by atoms with van der Waals surface area (Å²) in [4.78, 5) is 43.9. The topological polar surface area (TPSA) is 96.4 Å². The van der Waals surface area contributed by atoms with Gasteiger partial charge in [-0.1, -0.05) is 35.9 Å². The molecule has 0 saturated carbocycles. The first-order chi connectivity index (χ1) is 16.9. The number of hydrogen-bond donors (Lipinski definition) is 1. The molecule has 35 heavy (non-hydrogen) atoms. The number of para-hydroxylation sites is 1. The lowest BCUT2D eigenvalue weighted by Crippen LogP contribution is -2.56. The third-order valence-corrected chi connectivity index (χ3v) is 7.47. The minimum absolute atomic E-state index is 0.139. The number of halogens is 1. The number of anilines is 1. The summed E-state index contributed by atoms with van der Waals surface area (Å²) in [6.45, 7) is 7.80. The van der Waals surface area contributed by atoms with Crippen LogP contribution in [0.4, 0.5) is 5.69 Å². The average Bonchev–Trinajstić information content (AvgIpc) is 3.49. The number of aliphatic hydroxyl groups is 1. The van der Waals surface area contributed by atoms with Gasteiger partial charge in [-0.15, -0.1) is 13.2 Å². The third kappa shape index (κ3) is 4.28. The van der Waals surface area contributed by atoms with Gasteiger partial charge in [-0.2, -0.15) is 0 Å². The van der Waals surface area contributed by atoms with Crippen LogP contribution in [0.3, 0.4) is 0 Å². The number of hydrogen-bond acceptors (Lipinski definition) is 6. The van der Waals surface area contributed by atoms with Crippen molar-refractivity contribution in [2.24, 2.45) is 11.8 Å². The lowest BCUT2D eigenvalue weighted by molar-refractivity contribution is -0.155. The molecule has 3 aliphatic heterocycles. The molecule has 8 nitrogen and oxygen atoms in total. The maximum atomic E-state index is 14.2. The molecule has 1 spiro atoms. The molecule has 2 unspecified atom stereocenters. The molecule has 3 heterocycles. The zero-order chi connectivity index (χ0) is 25.2. The van der Waals surface area contributed by atoms with E-state index in [9.17, 15) is 19.5 Å². The number of esters is 1. The quantitative estimate of drug-likeness (QED) is 0.284. The fourth-order valence-corrected chi connectivity index (χ4v) is 6.01. The molecule has 3 fully saturated rings. The molecule has 9 heteroatoms. The molecule has 2 amide bonds. The van der Waals surface area contributed by atoms with Crippen LogP contribution in [0.15, 0.2) is 49.6 Å². The highest BCUT2D eigenvalue weighted by Gasteiger charge is 2.75. The van der Waals surface area contributed by atoms with Gasteiger partial charge in [-0.25, -0.2) is 0 Å². The lowest BCUT2D eigenvalue weighted by Gasteiger charge is -2.37. The maximum absolute atomic E-state index is 14.2. The summed E-state index contributed by atoms with van der Waals surface area (Å²) >= 11 is 6.43. The molecule has 1 aromatic rings. The van der Waals surface area contributed by atoms with Crippen molar-refractivity contribution in [1.82, 2.24) is 4.90 Å². The summed E-state index contributed by atoms with van der Waals surface area (Å²) in [6, 6.07) is 6.02. The van der Waals surface area contributed by atoms with Crippen LogP contribution < -0.4 is 4.90 Å². The van der Waals surface area contributed by atoms with Gasteiger partial charge in [0.2, 0.25) is 5.91 Å². The van der Waals surface area contributed by atoms with E-state index in [-0.39, 0.29) is 38.1 Å². The van der Waals surface area contributed by atoms with E-state index in [2.05, 4.69) is 13.2 Å². The monoisotopic (exact) mass is 502 g/mol. The molecule has 3 saturated heterocycles. The minimum Gasteiger partial charge on any atom is -0.465 e. The number of benzene rings is 1. The number of nitrogens with zero attached hydrogens (tertiary/aromatic N) is 2. The van der Waals surface area contributed by atoms with E-state index in [0.717, 1.165) is 0 Å². The summed E-state index contributed by atoms with van der Waals surface area (Å²) in [5.74, 6) is -2.75. The number of carbonyl (C=O) groups excluding carboxylic acids is 3. The number of fused-ring (bicyclic) bond motifs is 1. The van der Waals surface area contributed by atoms with Crippen LogP contribution in [0.2, 0.25) is 5.02 Å². The Morgan fingerprint density at radius 3 is 2.77 bits per heavy atom. The van der Waals surface area contributed by atoms with Crippen molar-refractivity contribution in [3.8, 4) is 0 Å². The molecule has 4 rings (SSSR count). The summed E-state index contributed by atoms with van der Waals surface area (Å²) in [5.41, 5.74) is -0.640. The second-order valence-corrected chi connectivity index (χ2v) is 9.51. The van der Waals surface area contributed by atoms with E-state index in [1.165, 1.54) is 9.80 Å². The normalized spacial score (nSPS) is 28.6. The highest BCUT2D eigenvalue weighted by Crippen LogP contribution is 2.59. The highest BCUT2D eigenvalue weighted by molar-refractivity contribution is 6.34. The van der Waals surface area contributed by atoms with E-state index in [4.69, 9.17) is 21.1 Å². The third-order valence-electron chi connectivity index (χ3n) is 7.15. The minimum atomic E-state index is -1.14. The van der Waals surface area contributed by atoms with Crippen LogP contribution >= 0.6 is 11.6 Å². The molecule has 1 aromatic carbocycles. The van der Waals surface area contributed by atoms with Gasteiger partial charge < -0.3 is 24.4 Å². The molecular formula is C26H31ClN2O6. The fourth-order valence-electron chi connectivity index (χ4n) is 5.78. The van der Waals surface area contributed by atoms with Gasteiger partial charge in [-0.05, 0) is 37.8 Å². The zero-order valence-electron chi connectivity index (χ0n) is 19.6. The smallest absolute Gasteiger partial charge is 0.312 e. The molecule has 2 bridgehead atoms. The second-order valence-electron chi connectivity index (χ2n) is 9.10. The van der Waals surface area contributed by atoms with Crippen molar-refractivity contribution in [2.45, 2.75) is 43.4 Å².